The first-order valence-electron chi connectivity index (χ1n) is 6.48. The van der Waals surface area contributed by atoms with E-state index in [-0.39, 0.29) is 0 Å². The molecule has 0 heteroatoms. The summed E-state index contributed by atoms with van der Waals surface area (Å²) >= 11 is 0. The van der Waals surface area contributed by atoms with Crippen LogP contribution in [0.3, 0.4) is 0 Å². The van der Waals surface area contributed by atoms with Gasteiger partial charge in [0.1, 0.15) is 0 Å². The molecule has 3 aliphatic rings. The van der Waals surface area contributed by atoms with E-state index in [2.05, 4.69) is 27.7 Å². The Bertz CT molecular complexity index is 190. The molecule has 3 rings (SSSR count). The van der Waals surface area contributed by atoms with Crippen LogP contribution in [0.25, 0.3) is 0 Å². The van der Waals surface area contributed by atoms with Crippen molar-refractivity contribution in [3.05, 3.63) is 0 Å². The fourth-order valence-electron chi connectivity index (χ4n) is 3.83. The normalized spacial score (nSPS) is 37.9. The fraction of sp³-hybridized carbons (Fsp3) is 1.00. The van der Waals surface area contributed by atoms with Gasteiger partial charge in [0.2, 0.25) is 0 Å². The van der Waals surface area contributed by atoms with Gasteiger partial charge >= 0.3 is 0 Å². The van der Waals surface area contributed by atoms with Crippen molar-refractivity contribution in [1.29, 1.82) is 0 Å². The van der Waals surface area contributed by atoms with Gasteiger partial charge in [-0.15, -0.1) is 0 Å². The summed E-state index contributed by atoms with van der Waals surface area (Å²) < 4.78 is 0. The summed E-state index contributed by atoms with van der Waals surface area (Å²) in [6.45, 7) is 9.86. The molecule has 3 aliphatic carbocycles. The van der Waals surface area contributed by atoms with Gasteiger partial charge in [-0.2, -0.15) is 0 Å². The predicted octanol–water partition coefficient (Wildman–Crippen LogP) is 4.64. The number of hydrogen-bond acceptors (Lipinski definition) is 0. The molecule has 3 fully saturated rings. The molecule has 14 heavy (non-hydrogen) atoms. The summed E-state index contributed by atoms with van der Waals surface area (Å²) in [6, 6.07) is 0. The van der Waals surface area contributed by atoms with Crippen molar-refractivity contribution >= 4 is 0 Å². The molecule has 82 valence electrons. The molecular formula is C14H26. The van der Waals surface area contributed by atoms with Gasteiger partial charge in [-0.05, 0) is 61.2 Å². The number of fused-ring (bicyclic) bond motifs is 3. The highest BCUT2D eigenvalue weighted by molar-refractivity contribution is 5.00. The monoisotopic (exact) mass is 194 g/mol. The van der Waals surface area contributed by atoms with Gasteiger partial charge in [-0.3, -0.25) is 0 Å². The van der Waals surface area contributed by atoms with Gasteiger partial charge in [0, 0.05) is 0 Å². The molecule has 0 N–H and O–H groups in total. The lowest BCUT2D eigenvalue weighted by Crippen LogP contribution is -2.47. The molecule has 0 aromatic carbocycles. The second kappa shape index (κ2) is 3.25. The van der Waals surface area contributed by atoms with Crippen LogP contribution >= 0.6 is 0 Å². The van der Waals surface area contributed by atoms with Gasteiger partial charge < -0.3 is 0 Å². The van der Waals surface area contributed by atoms with Crippen LogP contribution in [0.2, 0.25) is 0 Å². The van der Waals surface area contributed by atoms with E-state index in [0.29, 0.717) is 10.8 Å². The van der Waals surface area contributed by atoms with Crippen molar-refractivity contribution in [1.82, 2.24) is 0 Å². The predicted molar refractivity (Wildman–Crippen MR) is 62.2 cm³/mol. The third kappa shape index (κ3) is 1.33. The smallest absolute Gasteiger partial charge is 0.0243 e. The van der Waals surface area contributed by atoms with Crippen molar-refractivity contribution in [2.45, 2.75) is 66.2 Å². The fourth-order valence-corrected chi connectivity index (χ4v) is 3.83. The quantitative estimate of drug-likeness (QED) is 0.601. The maximum absolute atomic E-state index is 2.52. The SMILES string of the molecule is CC(C)C(C)(C)C12CCC(CC1)CC2. The zero-order valence-electron chi connectivity index (χ0n) is 10.4. The molecule has 0 radical (unpaired) electrons. The van der Waals surface area contributed by atoms with Crippen LogP contribution in [0.1, 0.15) is 66.2 Å². The topological polar surface area (TPSA) is 0 Å². The minimum atomic E-state index is 0.554. The van der Waals surface area contributed by atoms with Crippen molar-refractivity contribution in [2.24, 2.45) is 22.7 Å². The van der Waals surface area contributed by atoms with E-state index in [1.54, 1.807) is 0 Å². The molecule has 0 nitrogen and oxygen atoms in total. The van der Waals surface area contributed by atoms with Crippen LogP contribution in [0, 0.1) is 22.7 Å². The number of rotatable bonds is 2. The Kier molecular flexibility index (Phi) is 2.44. The highest BCUT2D eigenvalue weighted by Crippen LogP contribution is 2.61. The zero-order chi connectivity index (χ0) is 10.4. The lowest BCUT2D eigenvalue weighted by atomic mass is 9.48. The molecule has 0 heterocycles. The Morgan fingerprint density at radius 1 is 1.00 bits per heavy atom. The van der Waals surface area contributed by atoms with Crippen molar-refractivity contribution < 1.29 is 0 Å². The molecule has 0 atom stereocenters. The van der Waals surface area contributed by atoms with E-state index >= 15 is 0 Å². The first kappa shape index (κ1) is 10.5. The van der Waals surface area contributed by atoms with Gasteiger partial charge in [-0.25, -0.2) is 0 Å². The zero-order valence-corrected chi connectivity index (χ0v) is 10.4. The molecule has 0 aromatic heterocycles. The van der Waals surface area contributed by atoms with Crippen LogP contribution < -0.4 is 0 Å². The Morgan fingerprint density at radius 3 is 1.79 bits per heavy atom. The Labute approximate surface area is 89.5 Å². The van der Waals surface area contributed by atoms with E-state index in [4.69, 9.17) is 0 Å². The van der Waals surface area contributed by atoms with E-state index in [1.807, 2.05) is 0 Å². The largest absolute Gasteiger partial charge is 0.0622 e. The first-order valence-corrected chi connectivity index (χ1v) is 6.48. The Morgan fingerprint density at radius 2 is 1.43 bits per heavy atom. The average Bonchev–Trinajstić information content (AvgIpc) is 2.20. The molecule has 0 spiro atoms. The summed E-state index contributed by atoms with van der Waals surface area (Å²) in [5.41, 5.74) is 1.26. The third-order valence-corrected chi connectivity index (χ3v) is 5.90. The minimum absolute atomic E-state index is 0.554. The molecule has 0 unspecified atom stereocenters. The van der Waals surface area contributed by atoms with Crippen LogP contribution in [-0.2, 0) is 0 Å². The summed E-state index contributed by atoms with van der Waals surface area (Å²) in [7, 11) is 0. The Hall–Kier alpha value is 0. The molecule has 0 aromatic rings. The van der Waals surface area contributed by atoms with E-state index in [9.17, 15) is 0 Å². The summed E-state index contributed by atoms with van der Waals surface area (Å²) in [5.74, 6) is 1.93. The molecular weight excluding hydrogens is 168 g/mol. The molecule has 3 saturated carbocycles. The maximum atomic E-state index is 2.52. The lowest BCUT2D eigenvalue weighted by Gasteiger charge is -2.57. The number of hydrogen-bond donors (Lipinski definition) is 0. The lowest BCUT2D eigenvalue weighted by molar-refractivity contribution is -0.0672. The third-order valence-electron chi connectivity index (χ3n) is 5.90. The van der Waals surface area contributed by atoms with E-state index in [0.717, 1.165) is 11.8 Å². The van der Waals surface area contributed by atoms with Gasteiger partial charge in [-0.1, -0.05) is 27.7 Å². The van der Waals surface area contributed by atoms with Crippen LogP contribution in [-0.4, -0.2) is 0 Å². The molecule has 0 saturated heterocycles. The summed E-state index contributed by atoms with van der Waals surface area (Å²) in [4.78, 5) is 0. The second-order valence-corrected chi connectivity index (χ2v) is 6.64. The van der Waals surface area contributed by atoms with Gasteiger partial charge in [0.05, 0.1) is 0 Å². The highest BCUT2D eigenvalue weighted by atomic mass is 14.6. The van der Waals surface area contributed by atoms with E-state index in [1.165, 1.54) is 38.5 Å². The summed E-state index contributed by atoms with van der Waals surface area (Å²) in [5, 5.41) is 0. The maximum Gasteiger partial charge on any atom is -0.0243 e. The second-order valence-electron chi connectivity index (χ2n) is 6.64. The van der Waals surface area contributed by atoms with E-state index < -0.39 is 0 Å². The molecule has 2 bridgehead atoms. The standard InChI is InChI=1S/C14H26/c1-11(2)13(3,4)14-8-5-12(6-9-14)7-10-14/h11-12H,5-10H2,1-4H3. The van der Waals surface area contributed by atoms with Crippen LogP contribution in [0.5, 0.6) is 0 Å². The highest BCUT2D eigenvalue weighted by Gasteiger charge is 2.50. The van der Waals surface area contributed by atoms with Crippen molar-refractivity contribution in [2.75, 3.05) is 0 Å². The van der Waals surface area contributed by atoms with Crippen LogP contribution in [0.4, 0.5) is 0 Å². The van der Waals surface area contributed by atoms with Gasteiger partial charge in [0.25, 0.3) is 0 Å². The van der Waals surface area contributed by atoms with Crippen LogP contribution in [0.15, 0.2) is 0 Å². The minimum Gasteiger partial charge on any atom is -0.0622 e. The molecule has 0 amide bonds. The Balaban J connectivity index is 2.22. The average molecular weight is 194 g/mol. The van der Waals surface area contributed by atoms with Crippen molar-refractivity contribution in [3.63, 3.8) is 0 Å². The summed E-state index contributed by atoms with van der Waals surface area (Å²) in [6.07, 6.45) is 9.12. The van der Waals surface area contributed by atoms with Crippen molar-refractivity contribution in [3.8, 4) is 0 Å². The first-order chi connectivity index (χ1) is 6.48. The van der Waals surface area contributed by atoms with Gasteiger partial charge in [0.15, 0.2) is 0 Å². The molecule has 0 aliphatic heterocycles.